The van der Waals surface area contributed by atoms with E-state index in [-0.39, 0.29) is 42.7 Å². The number of hydrogen-bond acceptors (Lipinski definition) is 5. The molecule has 0 radical (unpaired) electrons. The third-order valence-corrected chi connectivity index (χ3v) is 7.09. The summed E-state index contributed by atoms with van der Waals surface area (Å²) in [6.07, 6.45) is 3.09. The van der Waals surface area contributed by atoms with Crippen molar-refractivity contribution in [1.82, 2.24) is 9.21 Å². The fourth-order valence-electron chi connectivity index (χ4n) is 3.15. The summed E-state index contributed by atoms with van der Waals surface area (Å²) in [5, 5.41) is 11.6. The van der Waals surface area contributed by atoms with Gasteiger partial charge < -0.3 is 4.90 Å². The van der Waals surface area contributed by atoms with Gasteiger partial charge in [-0.3, -0.25) is 14.9 Å². The van der Waals surface area contributed by atoms with E-state index < -0.39 is 14.9 Å². The Labute approximate surface area is 179 Å². The van der Waals surface area contributed by atoms with E-state index >= 15 is 0 Å². The molecular formula is C20H20ClN3O5S. The van der Waals surface area contributed by atoms with Crippen LogP contribution in [0.4, 0.5) is 5.69 Å². The normalized spacial score (nSPS) is 15.5. The summed E-state index contributed by atoms with van der Waals surface area (Å²) in [7, 11) is -3.90. The Kier molecular flexibility index (Phi) is 6.55. The fraction of sp³-hybridized carbons (Fsp3) is 0.250. The van der Waals surface area contributed by atoms with E-state index in [4.69, 9.17) is 11.6 Å². The molecule has 8 nitrogen and oxygen atoms in total. The summed E-state index contributed by atoms with van der Waals surface area (Å²) in [5.41, 5.74) is 0.945. The molecule has 0 atom stereocenters. The lowest BCUT2D eigenvalue weighted by Gasteiger charge is -2.33. The van der Waals surface area contributed by atoms with Gasteiger partial charge in [0.05, 0.1) is 9.82 Å². The number of aryl methyl sites for hydroxylation is 1. The van der Waals surface area contributed by atoms with Gasteiger partial charge in [0.2, 0.25) is 15.9 Å². The quantitative estimate of drug-likeness (QED) is 0.396. The first-order valence-corrected chi connectivity index (χ1v) is 11.0. The molecule has 0 N–H and O–H groups in total. The van der Waals surface area contributed by atoms with E-state index in [1.54, 1.807) is 36.1 Å². The van der Waals surface area contributed by atoms with Crippen molar-refractivity contribution in [3.05, 3.63) is 74.8 Å². The molecule has 0 unspecified atom stereocenters. The molecular weight excluding hydrogens is 430 g/mol. The van der Waals surface area contributed by atoms with Crippen molar-refractivity contribution in [3.8, 4) is 0 Å². The van der Waals surface area contributed by atoms with Crippen LogP contribution in [0.3, 0.4) is 0 Å². The van der Waals surface area contributed by atoms with Crippen LogP contribution < -0.4 is 0 Å². The summed E-state index contributed by atoms with van der Waals surface area (Å²) >= 11 is 5.93. The number of hydrogen-bond donors (Lipinski definition) is 0. The maximum atomic E-state index is 13.0. The van der Waals surface area contributed by atoms with E-state index in [0.29, 0.717) is 10.6 Å². The first-order chi connectivity index (χ1) is 14.2. The molecule has 3 rings (SSSR count). The van der Waals surface area contributed by atoms with Gasteiger partial charge in [-0.1, -0.05) is 29.8 Å². The second-order valence-corrected chi connectivity index (χ2v) is 9.17. The number of amides is 1. The molecule has 158 valence electrons. The number of nitrogens with zero attached hydrogens (tertiary/aromatic N) is 3. The van der Waals surface area contributed by atoms with Gasteiger partial charge >= 0.3 is 0 Å². The average molecular weight is 450 g/mol. The number of benzene rings is 2. The standard InChI is InChI=1S/C20H20ClN3O5S/c1-15-5-7-18(24(26)27)14-19(15)30(28,29)23-11-9-22(10-12-23)20(25)8-6-16-3-2-4-17(21)13-16/h2-8,13-14H,9-12H2,1H3. The molecule has 0 aromatic heterocycles. The Morgan fingerprint density at radius 2 is 1.83 bits per heavy atom. The first-order valence-electron chi connectivity index (χ1n) is 9.16. The summed E-state index contributed by atoms with van der Waals surface area (Å²) < 4.78 is 27.2. The Bertz CT molecular complexity index is 1110. The zero-order chi connectivity index (χ0) is 21.9. The summed E-state index contributed by atoms with van der Waals surface area (Å²) in [6.45, 7) is 2.28. The van der Waals surface area contributed by atoms with Crippen molar-refractivity contribution >= 4 is 39.3 Å². The SMILES string of the molecule is Cc1ccc([N+](=O)[O-])cc1S(=O)(=O)N1CCN(C(=O)C=Cc2cccc(Cl)c2)CC1. The van der Waals surface area contributed by atoms with Gasteiger partial charge in [-0.05, 0) is 36.3 Å². The van der Waals surface area contributed by atoms with E-state index in [9.17, 15) is 23.3 Å². The molecule has 2 aromatic carbocycles. The number of non-ortho nitro benzene ring substituents is 1. The number of nitro groups is 1. The second kappa shape index (κ2) is 8.95. The molecule has 0 spiro atoms. The summed E-state index contributed by atoms with van der Waals surface area (Å²) in [6, 6.07) is 10.9. The number of halogens is 1. The van der Waals surface area contributed by atoms with Crippen molar-refractivity contribution in [2.45, 2.75) is 11.8 Å². The predicted molar refractivity (Wildman–Crippen MR) is 114 cm³/mol. The summed E-state index contributed by atoms with van der Waals surface area (Å²) in [5.74, 6) is -0.224. The van der Waals surface area contributed by atoms with Gasteiger partial charge in [-0.2, -0.15) is 4.31 Å². The Morgan fingerprint density at radius 3 is 2.47 bits per heavy atom. The average Bonchev–Trinajstić information content (AvgIpc) is 2.72. The lowest BCUT2D eigenvalue weighted by Crippen LogP contribution is -2.50. The number of sulfonamides is 1. The number of carbonyl (C=O) groups is 1. The van der Waals surface area contributed by atoms with E-state index in [2.05, 4.69) is 0 Å². The highest BCUT2D eigenvalue weighted by Gasteiger charge is 2.31. The van der Waals surface area contributed by atoms with Gasteiger partial charge in [0.15, 0.2) is 0 Å². The smallest absolute Gasteiger partial charge is 0.270 e. The van der Waals surface area contributed by atoms with Crippen molar-refractivity contribution < 1.29 is 18.1 Å². The van der Waals surface area contributed by atoms with Gasteiger partial charge in [-0.25, -0.2) is 8.42 Å². The molecule has 1 aliphatic rings. The molecule has 0 aliphatic carbocycles. The van der Waals surface area contributed by atoms with Crippen LogP contribution in [0.5, 0.6) is 0 Å². The largest absolute Gasteiger partial charge is 0.337 e. The molecule has 1 amide bonds. The third-order valence-electron chi connectivity index (χ3n) is 4.82. The van der Waals surface area contributed by atoms with Crippen LogP contribution in [-0.2, 0) is 14.8 Å². The van der Waals surface area contributed by atoms with Gasteiger partial charge in [-0.15, -0.1) is 0 Å². The van der Waals surface area contributed by atoms with Crippen molar-refractivity contribution in [1.29, 1.82) is 0 Å². The van der Waals surface area contributed by atoms with Gasteiger partial charge in [0, 0.05) is 49.4 Å². The van der Waals surface area contributed by atoms with Crippen molar-refractivity contribution in [2.24, 2.45) is 0 Å². The number of nitro benzene ring substituents is 1. The highest BCUT2D eigenvalue weighted by atomic mass is 35.5. The Hall–Kier alpha value is -2.75. The minimum Gasteiger partial charge on any atom is -0.337 e. The monoisotopic (exact) mass is 449 g/mol. The molecule has 1 saturated heterocycles. The molecule has 2 aromatic rings. The number of carbonyl (C=O) groups excluding carboxylic acids is 1. The Morgan fingerprint density at radius 1 is 1.13 bits per heavy atom. The topological polar surface area (TPSA) is 101 Å². The molecule has 1 aliphatic heterocycles. The predicted octanol–water partition coefficient (Wildman–Crippen LogP) is 3.10. The fourth-order valence-corrected chi connectivity index (χ4v) is 5.02. The van der Waals surface area contributed by atoms with Crippen LogP contribution in [0, 0.1) is 17.0 Å². The van der Waals surface area contributed by atoms with Crippen LogP contribution in [0.2, 0.25) is 5.02 Å². The maximum Gasteiger partial charge on any atom is 0.270 e. The number of rotatable bonds is 5. The molecule has 0 saturated carbocycles. The van der Waals surface area contributed by atoms with E-state index in [1.165, 1.54) is 22.5 Å². The third kappa shape index (κ3) is 4.86. The molecule has 0 bridgehead atoms. The maximum absolute atomic E-state index is 13.0. The molecule has 10 heteroatoms. The zero-order valence-corrected chi connectivity index (χ0v) is 17.8. The van der Waals surface area contributed by atoms with Crippen molar-refractivity contribution in [2.75, 3.05) is 26.2 Å². The van der Waals surface area contributed by atoms with E-state index in [1.807, 2.05) is 6.07 Å². The zero-order valence-electron chi connectivity index (χ0n) is 16.2. The van der Waals surface area contributed by atoms with Gasteiger partial charge in [0.1, 0.15) is 0 Å². The molecule has 30 heavy (non-hydrogen) atoms. The summed E-state index contributed by atoms with van der Waals surface area (Å²) in [4.78, 5) is 24.3. The van der Waals surface area contributed by atoms with Crippen LogP contribution in [0.25, 0.3) is 6.08 Å². The van der Waals surface area contributed by atoms with Crippen LogP contribution >= 0.6 is 11.6 Å². The lowest BCUT2D eigenvalue weighted by molar-refractivity contribution is -0.385. The highest BCUT2D eigenvalue weighted by Crippen LogP contribution is 2.25. The minimum atomic E-state index is -3.90. The minimum absolute atomic E-state index is 0.0858. The second-order valence-electron chi connectivity index (χ2n) is 6.82. The highest BCUT2D eigenvalue weighted by molar-refractivity contribution is 7.89. The van der Waals surface area contributed by atoms with Crippen LogP contribution in [0.1, 0.15) is 11.1 Å². The van der Waals surface area contributed by atoms with Crippen LogP contribution in [0.15, 0.2) is 53.4 Å². The molecule has 1 fully saturated rings. The lowest BCUT2D eigenvalue weighted by atomic mass is 10.2. The van der Waals surface area contributed by atoms with E-state index in [0.717, 1.165) is 11.6 Å². The Balaban J connectivity index is 1.68. The van der Waals surface area contributed by atoms with Gasteiger partial charge in [0.25, 0.3) is 5.69 Å². The first kappa shape index (κ1) is 21.9. The molecule has 1 heterocycles. The van der Waals surface area contributed by atoms with Crippen LogP contribution in [-0.4, -0.2) is 54.6 Å². The number of piperazine rings is 1. The van der Waals surface area contributed by atoms with Crippen molar-refractivity contribution in [3.63, 3.8) is 0 Å².